The Balaban J connectivity index is 1.81. The number of hydrogen-bond acceptors (Lipinski definition) is 7. The van der Waals surface area contributed by atoms with Crippen LogP contribution in [0.1, 0.15) is 32.6 Å². The number of carbonyl (C=O) groups is 1. The molecular formula is C24H24N4O5. The smallest absolute Gasteiger partial charge is 0.315 e. The molecule has 3 aromatic rings. The molecule has 3 rings (SSSR count). The molecule has 0 bridgehead atoms. The van der Waals surface area contributed by atoms with E-state index in [0.717, 1.165) is 16.7 Å². The van der Waals surface area contributed by atoms with E-state index in [2.05, 4.69) is 10.5 Å². The Morgan fingerprint density at radius 3 is 2.55 bits per heavy atom. The van der Waals surface area contributed by atoms with Crippen molar-refractivity contribution >= 4 is 23.5 Å². The Bertz CT molecular complexity index is 1210. The lowest BCUT2D eigenvalue weighted by atomic mass is 10.1. The summed E-state index contributed by atoms with van der Waals surface area (Å²) in [6.45, 7) is 4.06. The molecule has 0 saturated carbocycles. The maximum absolute atomic E-state index is 12.2. The lowest BCUT2D eigenvalue weighted by molar-refractivity contribution is -0.386. The van der Waals surface area contributed by atoms with Crippen molar-refractivity contribution in [3.05, 3.63) is 92.5 Å². The molecule has 0 atom stereocenters. The summed E-state index contributed by atoms with van der Waals surface area (Å²) in [7, 11) is 1.40. The molecular weight excluding hydrogens is 424 g/mol. The summed E-state index contributed by atoms with van der Waals surface area (Å²) in [5, 5.41) is 15.6. The van der Waals surface area contributed by atoms with Gasteiger partial charge in [0, 0.05) is 22.9 Å². The standard InChI is InChI=1S/C24H24N4O5/c1-15-4-5-16(2)19(10-15)14-33-23-21(28(30)31)11-17(12-22(23)32-3)13-26-27-24(29)18-6-8-20(25)9-7-18/h4-13H,14,25H2,1-3H3,(H,27,29)/b26-13-. The molecule has 0 spiro atoms. The second-order valence-corrected chi connectivity index (χ2v) is 7.37. The molecule has 0 aliphatic rings. The molecule has 3 N–H and O–H groups in total. The number of nitro groups is 1. The fraction of sp³-hybridized carbons (Fsp3) is 0.167. The molecule has 0 unspecified atom stereocenters. The maximum atomic E-state index is 12.2. The van der Waals surface area contributed by atoms with Gasteiger partial charge in [-0.3, -0.25) is 14.9 Å². The summed E-state index contributed by atoms with van der Waals surface area (Å²) >= 11 is 0. The monoisotopic (exact) mass is 448 g/mol. The number of rotatable bonds is 8. The van der Waals surface area contributed by atoms with Crippen LogP contribution in [0.25, 0.3) is 0 Å². The third-order valence-electron chi connectivity index (χ3n) is 4.90. The highest BCUT2D eigenvalue weighted by atomic mass is 16.6. The van der Waals surface area contributed by atoms with Gasteiger partial charge in [0.05, 0.1) is 18.2 Å². The fourth-order valence-electron chi connectivity index (χ4n) is 3.09. The number of benzene rings is 3. The molecule has 0 aliphatic carbocycles. The van der Waals surface area contributed by atoms with Gasteiger partial charge in [-0.1, -0.05) is 23.8 Å². The summed E-state index contributed by atoms with van der Waals surface area (Å²) in [6, 6.07) is 15.1. The topological polar surface area (TPSA) is 129 Å². The van der Waals surface area contributed by atoms with Crippen LogP contribution in [0.2, 0.25) is 0 Å². The number of nitrogens with zero attached hydrogens (tertiary/aromatic N) is 2. The van der Waals surface area contributed by atoms with E-state index in [0.29, 0.717) is 16.8 Å². The van der Waals surface area contributed by atoms with Crippen LogP contribution >= 0.6 is 0 Å². The number of anilines is 1. The number of nitrogen functional groups attached to an aromatic ring is 1. The van der Waals surface area contributed by atoms with Crippen molar-refractivity contribution in [2.45, 2.75) is 20.5 Å². The van der Waals surface area contributed by atoms with Gasteiger partial charge in [-0.05, 0) is 55.3 Å². The summed E-state index contributed by atoms with van der Waals surface area (Å²) in [5.41, 5.74) is 12.0. The second kappa shape index (κ2) is 10.3. The number of nitrogens with one attached hydrogen (secondary N) is 1. The molecule has 3 aromatic carbocycles. The molecule has 9 heteroatoms. The number of aryl methyl sites for hydroxylation is 2. The molecule has 0 heterocycles. The fourth-order valence-corrected chi connectivity index (χ4v) is 3.09. The van der Waals surface area contributed by atoms with Gasteiger partial charge in [-0.25, -0.2) is 5.43 Å². The number of nitrogens with two attached hydrogens (primary N) is 1. The second-order valence-electron chi connectivity index (χ2n) is 7.37. The van der Waals surface area contributed by atoms with E-state index in [1.807, 2.05) is 32.0 Å². The molecule has 0 saturated heterocycles. The van der Waals surface area contributed by atoms with Crippen LogP contribution in [0.15, 0.2) is 59.7 Å². The van der Waals surface area contributed by atoms with Gasteiger partial charge < -0.3 is 15.2 Å². The SMILES string of the molecule is COc1cc(/C=N\NC(=O)c2ccc(N)cc2)cc([N+](=O)[O-])c1OCc1cc(C)ccc1C. The predicted octanol–water partition coefficient (Wildman–Crippen LogP) is 4.15. The van der Waals surface area contributed by atoms with Crippen molar-refractivity contribution in [2.75, 3.05) is 12.8 Å². The zero-order chi connectivity index (χ0) is 24.0. The van der Waals surface area contributed by atoms with Gasteiger partial charge in [-0.2, -0.15) is 5.10 Å². The van der Waals surface area contributed by atoms with Crippen LogP contribution in [0.4, 0.5) is 11.4 Å². The number of amides is 1. The van der Waals surface area contributed by atoms with Crippen molar-refractivity contribution < 1.29 is 19.2 Å². The average molecular weight is 448 g/mol. The molecule has 1 amide bonds. The van der Waals surface area contributed by atoms with Gasteiger partial charge in [0.15, 0.2) is 5.75 Å². The first kappa shape index (κ1) is 23.3. The minimum atomic E-state index is -0.550. The number of methoxy groups -OCH3 is 1. The predicted molar refractivity (Wildman–Crippen MR) is 126 cm³/mol. The van der Waals surface area contributed by atoms with Crippen LogP contribution in [-0.2, 0) is 6.61 Å². The molecule has 9 nitrogen and oxygen atoms in total. The van der Waals surface area contributed by atoms with Gasteiger partial charge in [0.2, 0.25) is 5.75 Å². The average Bonchev–Trinajstić information content (AvgIpc) is 2.79. The molecule has 0 aliphatic heterocycles. The summed E-state index contributed by atoms with van der Waals surface area (Å²) in [6.07, 6.45) is 1.29. The van der Waals surface area contributed by atoms with E-state index in [4.69, 9.17) is 15.2 Å². The number of hydrazone groups is 1. The number of nitro benzene ring substituents is 1. The lowest BCUT2D eigenvalue weighted by Crippen LogP contribution is -2.17. The Morgan fingerprint density at radius 1 is 1.15 bits per heavy atom. The van der Waals surface area contributed by atoms with E-state index < -0.39 is 10.8 Å². The van der Waals surface area contributed by atoms with Crippen molar-refractivity contribution in [1.29, 1.82) is 0 Å². The normalized spacial score (nSPS) is 10.8. The van der Waals surface area contributed by atoms with Crippen LogP contribution in [0, 0.1) is 24.0 Å². The van der Waals surface area contributed by atoms with Crippen LogP contribution in [-0.4, -0.2) is 24.2 Å². The van der Waals surface area contributed by atoms with E-state index in [1.165, 1.54) is 19.4 Å². The minimum absolute atomic E-state index is 0.0199. The number of ether oxygens (including phenoxy) is 2. The van der Waals surface area contributed by atoms with Crippen LogP contribution < -0.4 is 20.6 Å². The van der Waals surface area contributed by atoms with Crippen molar-refractivity contribution in [2.24, 2.45) is 5.10 Å². The summed E-state index contributed by atoms with van der Waals surface area (Å²) in [4.78, 5) is 23.3. The van der Waals surface area contributed by atoms with Gasteiger partial charge in [0.1, 0.15) is 6.61 Å². The van der Waals surface area contributed by atoms with Crippen molar-refractivity contribution in [1.82, 2.24) is 5.43 Å². The third-order valence-corrected chi connectivity index (χ3v) is 4.90. The highest BCUT2D eigenvalue weighted by Crippen LogP contribution is 2.38. The van der Waals surface area contributed by atoms with Gasteiger partial charge in [0.25, 0.3) is 5.91 Å². The van der Waals surface area contributed by atoms with Crippen molar-refractivity contribution in [3.8, 4) is 11.5 Å². The molecule has 0 aromatic heterocycles. The zero-order valence-electron chi connectivity index (χ0n) is 18.5. The Kier molecular flexibility index (Phi) is 7.24. The molecule has 0 fully saturated rings. The van der Waals surface area contributed by atoms with E-state index >= 15 is 0 Å². The summed E-state index contributed by atoms with van der Waals surface area (Å²) < 4.78 is 11.2. The first-order valence-corrected chi connectivity index (χ1v) is 10.0. The van der Waals surface area contributed by atoms with Crippen LogP contribution in [0.3, 0.4) is 0 Å². The lowest BCUT2D eigenvalue weighted by Gasteiger charge is -2.13. The van der Waals surface area contributed by atoms with E-state index in [-0.39, 0.29) is 23.8 Å². The van der Waals surface area contributed by atoms with E-state index in [1.54, 1.807) is 30.3 Å². The third kappa shape index (κ3) is 5.85. The van der Waals surface area contributed by atoms with Gasteiger partial charge in [-0.15, -0.1) is 0 Å². The molecule has 170 valence electrons. The molecule has 0 radical (unpaired) electrons. The highest BCUT2D eigenvalue weighted by molar-refractivity contribution is 5.95. The van der Waals surface area contributed by atoms with E-state index in [9.17, 15) is 14.9 Å². The first-order chi connectivity index (χ1) is 15.8. The maximum Gasteiger partial charge on any atom is 0.315 e. The van der Waals surface area contributed by atoms with Gasteiger partial charge >= 0.3 is 5.69 Å². The number of carbonyl (C=O) groups excluding carboxylic acids is 1. The highest BCUT2D eigenvalue weighted by Gasteiger charge is 2.22. The zero-order valence-corrected chi connectivity index (χ0v) is 18.5. The number of hydrogen-bond donors (Lipinski definition) is 2. The Hall–Kier alpha value is -4.40. The Labute approximate surface area is 191 Å². The Morgan fingerprint density at radius 2 is 1.88 bits per heavy atom. The largest absolute Gasteiger partial charge is 0.493 e. The van der Waals surface area contributed by atoms with Crippen molar-refractivity contribution in [3.63, 3.8) is 0 Å². The quantitative estimate of drug-likeness (QED) is 0.231. The van der Waals surface area contributed by atoms with Crippen LogP contribution in [0.5, 0.6) is 11.5 Å². The summed E-state index contributed by atoms with van der Waals surface area (Å²) in [5.74, 6) is -0.242. The minimum Gasteiger partial charge on any atom is -0.493 e. The first-order valence-electron chi connectivity index (χ1n) is 10.0. The molecule has 33 heavy (non-hydrogen) atoms.